The van der Waals surface area contributed by atoms with E-state index < -0.39 is 6.10 Å². The Morgan fingerprint density at radius 2 is 0.623 bits per heavy atom. The molecule has 0 aliphatic heterocycles. The van der Waals surface area contributed by atoms with Gasteiger partial charge in [-0.2, -0.15) is 0 Å². The molecule has 0 N–H and O–H groups in total. The molecule has 0 saturated heterocycles. The third kappa shape index (κ3) is 47.7. The number of ether oxygens (including phenoxy) is 3. The molecule has 0 aromatic rings. The number of carbonyl (C=O) groups is 3. The molecule has 0 rings (SSSR count). The molecule has 1 unspecified atom stereocenters. The predicted octanol–water partition coefficient (Wildman–Crippen LogP) is 17.7. The Morgan fingerprint density at radius 1 is 0.344 bits per heavy atom. The minimum atomic E-state index is -0.762. The van der Waals surface area contributed by atoms with Gasteiger partial charge in [0, 0.05) is 19.3 Å². The number of rotatable bonds is 49. The first kappa shape index (κ1) is 59.4. The Hall–Kier alpha value is -1.59. The summed E-state index contributed by atoms with van der Waals surface area (Å²) in [6.45, 7) is 11.4. The monoisotopic (exact) mass is 863 g/mol. The second-order valence-electron chi connectivity index (χ2n) is 19.6. The molecule has 6 heteroatoms. The summed E-state index contributed by atoms with van der Waals surface area (Å²) in [7, 11) is 0. The highest BCUT2D eigenvalue weighted by molar-refractivity contribution is 5.71. The number of carbonyl (C=O) groups excluding carboxylic acids is 3. The zero-order valence-electron chi connectivity index (χ0n) is 41.8. The van der Waals surface area contributed by atoms with Crippen LogP contribution in [-0.4, -0.2) is 37.2 Å². The van der Waals surface area contributed by atoms with E-state index in [2.05, 4.69) is 34.6 Å². The van der Waals surface area contributed by atoms with Gasteiger partial charge in [0.15, 0.2) is 6.10 Å². The van der Waals surface area contributed by atoms with E-state index >= 15 is 0 Å². The maximum atomic E-state index is 12.8. The van der Waals surface area contributed by atoms with Crippen LogP contribution in [0.15, 0.2) is 0 Å². The molecular formula is C55H106O6. The molecule has 0 aliphatic carbocycles. The lowest BCUT2D eigenvalue weighted by Gasteiger charge is -2.18. The van der Waals surface area contributed by atoms with Crippen molar-refractivity contribution in [3.8, 4) is 0 Å². The average Bonchev–Trinajstić information content (AvgIpc) is 3.24. The minimum absolute atomic E-state index is 0.0636. The zero-order valence-corrected chi connectivity index (χ0v) is 41.8. The Balaban J connectivity index is 4.29. The van der Waals surface area contributed by atoms with E-state index in [4.69, 9.17) is 14.2 Å². The van der Waals surface area contributed by atoms with Gasteiger partial charge in [-0.15, -0.1) is 0 Å². The molecule has 0 spiro atoms. The molecule has 0 fully saturated rings. The molecule has 0 bridgehead atoms. The summed E-state index contributed by atoms with van der Waals surface area (Å²) < 4.78 is 16.8. The van der Waals surface area contributed by atoms with Crippen molar-refractivity contribution in [3.63, 3.8) is 0 Å². The van der Waals surface area contributed by atoms with Crippen molar-refractivity contribution in [2.24, 2.45) is 11.8 Å². The van der Waals surface area contributed by atoms with Gasteiger partial charge in [-0.05, 0) is 31.1 Å². The molecule has 362 valence electrons. The van der Waals surface area contributed by atoms with Crippen molar-refractivity contribution in [3.05, 3.63) is 0 Å². The normalized spacial score (nSPS) is 12.5. The van der Waals surface area contributed by atoms with E-state index in [-0.39, 0.29) is 31.1 Å². The number of esters is 3. The molecule has 0 aromatic heterocycles. The van der Waals surface area contributed by atoms with Crippen LogP contribution < -0.4 is 0 Å². The molecule has 2 atom stereocenters. The summed E-state index contributed by atoms with van der Waals surface area (Å²) in [5, 5.41) is 0. The zero-order chi connectivity index (χ0) is 44.7. The highest BCUT2D eigenvalue weighted by atomic mass is 16.6. The van der Waals surface area contributed by atoms with E-state index in [9.17, 15) is 14.4 Å². The maximum Gasteiger partial charge on any atom is 0.306 e. The Kier molecular flexibility index (Phi) is 46.6. The number of unbranched alkanes of at least 4 members (excludes halogenated alkanes) is 33. The molecular weight excluding hydrogens is 757 g/mol. The summed E-state index contributed by atoms with van der Waals surface area (Å²) in [6, 6.07) is 0. The molecule has 6 nitrogen and oxygen atoms in total. The lowest BCUT2D eigenvalue weighted by Crippen LogP contribution is -2.30. The van der Waals surface area contributed by atoms with Crippen LogP contribution in [0, 0.1) is 11.8 Å². The summed E-state index contributed by atoms with van der Waals surface area (Å²) in [6.07, 6.45) is 49.4. The van der Waals surface area contributed by atoms with E-state index in [1.807, 2.05) is 0 Å². The molecule has 0 saturated carbocycles. The second-order valence-corrected chi connectivity index (χ2v) is 19.6. The van der Waals surface area contributed by atoms with Gasteiger partial charge in [0.05, 0.1) is 0 Å². The van der Waals surface area contributed by atoms with Crippen molar-refractivity contribution in [1.29, 1.82) is 0 Å². The first-order chi connectivity index (χ1) is 29.8. The standard InChI is InChI=1S/C55H106O6/c1-6-8-9-10-11-12-13-14-18-21-24-30-35-40-45-53(56)59-48-52(61-55(58)47-42-37-32-27-26-29-34-39-44-51(5)7-2)49-60-54(57)46-41-36-31-25-22-19-16-15-17-20-23-28-33-38-43-50(3)4/h50-52H,6-49H2,1-5H3/t51?,52-/m1/s1. The topological polar surface area (TPSA) is 78.9 Å². The van der Waals surface area contributed by atoms with Crippen molar-refractivity contribution in [2.75, 3.05) is 13.2 Å². The predicted molar refractivity (Wildman–Crippen MR) is 261 cm³/mol. The summed E-state index contributed by atoms with van der Waals surface area (Å²) in [4.78, 5) is 38.0. The van der Waals surface area contributed by atoms with Gasteiger partial charge in [0.25, 0.3) is 0 Å². The number of hydrogen-bond donors (Lipinski definition) is 0. The smallest absolute Gasteiger partial charge is 0.306 e. The molecule has 0 aromatic carbocycles. The van der Waals surface area contributed by atoms with Crippen molar-refractivity contribution >= 4 is 17.9 Å². The summed E-state index contributed by atoms with van der Waals surface area (Å²) in [5.74, 6) is 0.844. The maximum absolute atomic E-state index is 12.8. The Morgan fingerprint density at radius 3 is 0.934 bits per heavy atom. The summed E-state index contributed by atoms with van der Waals surface area (Å²) in [5.41, 5.74) is 0. The van der Waals surface area contributed by atoms with Gasteiger partial charge in [-0.3, -0.25) is 14.4 Å². The van der Waals surface area contributed by atoms with Crippen LogP contribution in [0.25, 0.3) is 0 Å². The lowest BCUT2D eigenvalue weighted by atomic mass is 9.99. The highest BCUT2D eigenvalue weighted by Gasteiger charge is 2.19. The van der Waals surface area contributed by atoms with Crippen LogP contribution in [0.4, 0.5) is 0 Å². The van der Waals surface area contributed by atoms with E-state index in [1.165, 1.54) is 193 Å². The van der Waals surface area contributed by atoms with Crippen LogP contribution in [0.5, 0.6) is 0 Å². The first-order valence-corrected chi connectivity index (χ1v) is 27.3. The van der Waals surface area contributed by atoms with Gasteiger partial charge < -0.3 is 14.2 Å². The summed E-state index contributed by atoms with van der Waals surface area (Å²) >= 11 is 0. The SMILES string of the molecule is CCCCCCCCCCCCCCCCC(=O)OC[C@H](COC(=O)CCCCCCCCCCCCCCCCC(C)C)OC(=O)CCCCCCCCCCC(C)CC. The second kappa shape index (κ2) is 47.9. The van der Waals surface area contributed by atoms with Crippen LogP contribution in [-0.2, 0) is 28.6 Å². The third-order valence-electron chi connectivity index (χ3n) is 12.8. The number of hydrogen-bond acceptors (Lipinski definition) is 6. The molecule has 0 aliphatic rings. The lowest BCUT2D eigenvalue weighted by molar-refractivity contribution is -0.167. The van der Waals surface area contributed by atoms with Crippen molar-refractivity contribution in [2.45, 2.75) is 310 Å². The van der Waals surface area contributed by atoms with E-state index in [0.717, 1.165) is 69.6 Å². The van der Waals surface area contributed by atoms with Crippen LogP contribution >= 0.6 is 0 Å². The van der Waals surface area contributed by atoms with Crippen molar-refractivity contribution in [1.82, 2.24) is 0 Å². The van der Waals surface area contributed by atoms with Gasteiger partial charge in [0.2, 0.25) is 0 Å². The van der Waals surface area contributed by atoms with E-state index in [0.29, 0.717) is 19.3 Å². The fourth-order valence-electron chi connectivity index (χ4n) is 8.31. The van der Waals surface area contributed by atoms with Crippen LogP contribution in [0.1, 0.15) is 304 Å². The Labute approximate surface area is 380 Å². The first-order valence-electron chi connectivity index (χ1n) is 27.3. The molecule has 0 radical (unpaired) electrons. The van der Waals surface area contributed by atoms with Crippen molar-refractivity contribution < 1.29 is 28.6 Å². The quantitative estimate of drug-likeness (QED) is 0.0344. The largest absolute Gasteiger partial charge is 0.462 e. The van der Waals surface area contributed by atoms with Gasteiger partial charge in [-0.1, -0.05) is 266 Å². The fraction of sp³-hybridized carbons (Fsp3) is 0.945. The van der Waals surface area contributed by atoms with Crippen LogP contribution in [0.3, 0.4) is 0 Å². The van der Waals surface area contributed by atoms with Gasteiger partial charge in [0.1, 0.15) is 13.2 Å². The molecule has 61 heavy (non-hydrogen) atoms. The average molecular weight is 863 g/mol. The van der Waals surface area contributed by atoms with E-state index in [1.54, 1.807) is 0 Å². The minimum Gasteiger partial charge on any atom is -0.462 e. The van der Waals surface area contributed by atoms with Gasteiger partial charge >= 0.3 is 17.9 Å². The fourth-order valence-corrected chi connectivity index (χ4v) is 8.31. The van der Waals surface area contributed by atoms with Gasteiger partial charge in [-0.25, -0.2) is 0 Å². The van der Waals surface area contributed by atoms with Crippen LogP contribution in [0.2, 0.25) is 0 Å². The third-order valence-corrected chi connectivity index (χ3v) is 12.8. The highest BCUT2D eigenvalue weighted by Crippen LogP contribution is 2.18. The molecule has 0 amide bonds. The Bertz CT molecular complexity index is 933. The molecule has 0 heterocycles.